The third-order valence-electron chi connectivity index (χ3n) is 2.09. The van der Waals surface area contributed by atoms with Gasteiger partial charge >= 0.3 is 0 Å². The summed E-state index contributed by atoms with van der Waals surface area (Å²) < 4.78 is 4.72. The van der Waals surface area contributed by atoms with Crippen LogP contribution in [0.1, 0.15) is 6.42 Å². The second kappa shape index (κ2) is 9.07. The van der Waals surface area contributed by atoms with Crippen LogP contribution in [0.5, 0.6) is 11.5 Å². The van der Waals surface area contributed by atoms with E-state index >= 15 is 0 Å². The number of hydrogen-bond acceptors (Lipinski definition) is 3. The van der Waals surface area contributed by atoms with Crippen LogP contribution >= 0.6 is 0 Å². The Morgan fingerprint density at radius 2 is 0.944 bits per heavy atom. The normalized spacial score (nSPS) is 12.0. The fourth-order valence-corrected chi connectivity index (χ4v) is 1.00. The highest BCUT2D eigenvalue weighted by Gasteiger charge is 1.94. The molecule has 3 rings (SSSR count). The van der Waals surface area contributed by atoms with Crippen LogP contribution < -0.4 is 0 Å². The minimum atomic E-state index is 0.322. The highest BCUT2D eigenvalue weighted by atomic mass is 16.5. The summed E-state index contributed by atoms with van der Waals surface area (Å²) >= 11 is 0. The maximum absolute atomic E-state index is 8.63. The zero-order valence-electron chi connectivity index (χ0n) is 10.2. The van der Waals surface area contributed by atoms with Crippen molar-refractivity contribution in [3.05, 3.63) is 60.7 Å². The van der Waals surface area contributed by atoms with Crippen molar-refractivity contribution in [2.45, 2.75) is 6.42 Å². The fraction of sp³-hybridized carbons (Fsp3) is 0.200. The van der Waals surface area contributed by atoms with Gasteiger partial charge in [0, 0.05) is 13.2 Å². The molecule has 1 aliphatic rings. The summed E-state index contributed by atoms with van der Waals surface area (Å²) in [7, 11) is 0. The van der Waals surface area contributed by atoms with Gasteiger partial charge in [0.15, 0.2) is 0 Å². The Hall–Kier alpha value is -2.00. The van der Waals surface area contributed by atoms with Crippen LogP contribution in [0.3, 0.4) is 0 Å². The quantitative estimate of drug-likeness (QED) is 0.750. The van der Waals surface area contributed by atoms with Gasteiger partial charge in [0.1, 0.15) is 11.5 Å². The molecule has 18 heavy (non-hydrogen) atoms. The van der Waals surface area contributed by atoms with Gasteiger partial charge in [-0.25, -0.2) is 0 Å². The van der Waals surface area contributed by atoms with Crippen LogP contribution in [0.25, 0.3) is 0 Å². The second-order valence-corrected chi connectivity index (χ2v) is 3.64. The largest absolute Gasteiger partial charge is 0.508 e. The predicted molar refractivity (Wildman–Crippen MR) is 71.6 cm³/mol. The lowest BCUT2D eigenvalue weighted by Gasteiger charge is -2.09. The average molecular weight is 246 g/mol. The van der Waals surface area contributed by atoms with Gasteiger partial charge in [-0.15, -0.1) is 0 Å². The summed E-state index contributed by atoms with van der Waals surface area (Å²) in [6.07, 6.45) is 1.28. The fourth-order valence-electron chi connectivity index (χ4n) is 1.00. The minimum Gasteiger partial charge on any atom is -0.508 e. The molecule has 1 heterocycles. The number of ether oxygens (including phenoxy) is 1. The summed E-state index contributed by atoms with van der Waals surface area (Å²) in [6.45, 7) is 2.00. The van der Waals surface area contributed by atoms with Gasteiger partial charge in [-0.1, -0.05) is 36.4 Å². The SMILES string of the molecule is C1COC1.Oc1ccccc1.Oc1ccccc1. The summed E-state index contributed by atoms with van der Waals surface area (Å²) in [6, 6.07) is 17.4. The van der Waals surface area contributed by atoms with Crippen LogP contribution in [0, 0.1) is 0 Å². The van der Waals surface area contributed by atoms with Gasteiger partial charge in [-0.3, -0.25) is 0 Å². The molecule has 0 spiro atoms. The molecule has 2 N–H and O–H groups in total. The van der Waals surface area contributed by atoms with E-state index < -0.39 is 0 Å². The Kier molecular flexibility index (Phi) is 7.09. The highest BCUT2D eigenvalue weighted by Crippen LogP contribution is 2.03. The molecular formula is C15H18O3. The number of hydrogen-bond donors (Lipinski definition) is 2. The van der Waals surface area contributed by atoms with Gasteiger partial charge in [0.25, 0.3) is 0 Å². The molecule has 0 amide bonds. The van der Waals surface area contributed by atoms with E-state index in [0.29, 0.717) is 11.5 Å². The summed E-state index contributed by atoms with van der Waals surface area (Å²) in [5.74, 6) is 0.644. The van der Waals surface area contributed by atoms with Crippen molar-refractivity contribution >= 4 is 0 Å². The summed E-state index contributed by atoms with van der Waals surface area (Å²) in [5.41, 5.74) is 0. The molecule has 0 unspecified atom stereocenters. The van der Waals surface area contributed by atoms with Crippen molar-refractivity contribution in [1.82, 2.24) is 0 Å². The first-order valence-corrected chi connectivity index (χ1v) is 5.85. The highest BCUT2D eigenvalue weighted by molar-refractivity contribution is 5.19. The molecule has 0 aromatic heterocycles. The standard InChI is InChI=1S/2C6H6O.C3H6O/c2*7-6-4-2-1-3-5-6;1-2-4-3-1/h2*1-5,7H;1-3H2. The smallest absolute Gasteiger partial charge is 0.115 e. The maximum Gasteiger partial charge on any atom is 0.115 e. The Morgan fingerprint density at radius 1 is 0.667 bits per heavy atom. The maximum atomic E-state index is 8.63. The number of para-hydroxylation sites is 2. The van der Waals surface area contributed by atoms with Crippen LogP contribution in [-0.4, -0.2) is 23.4 Å². The van der Waals surface area contributed by atoms with E-state index in [-0.39, 0.29) is 0 Å². The van der Waals surface area contributed by atoms with Crippen molar-refractivity contribution in [1.29, 1.82) is 0 Å². The Labute approximate surface area is 107 Å². The zero-order valence-corrected chi connectivity index (χ0v) is 10.2. The minimum absolute atomic E-state index is 0.322. The lowest BCUT2D eigenvalue weighted by atomic mass is 10.3. The second-order valence-electron chi connectivity index (χ2n) is 3.64. The molecule has 0 saturated carbocycles. The van der Waals surface area contributed by atoms with E-state index in [1.807, 2.05) is 12.1 Å². The molecule has 0 radical (unpaired) electrons. The van der Waals surface area contributed by atoms with Crippen molar-refractivity contribution in [3.8, 4) is 11.5 Å². The number of aromatic hydroxyl groups is 2. The number of rotatable bonds is 0. The topological polar surface area (TPSA) is 49.7 Å². The zero-order chi connectivity index (χ0) is 13.1. The van der Waals surface area contributed by atoms with E-state index in [4.69, 9.17) is 14.9 Å². The van der Waals surface area contributed by atoms with Gasteiger partial charge in [0.2, 0.25) is 0 Å². The van der Waals surface area contributed by atoms with Crippen molar-refractivity contribution in [3.63, 3.8) is 0 Å². The molecule has 3 nitrogen and oxygen atoms in total. The lowest BCUT2D eigenvalue weighted by molar-refractivity contribution is 0.0367. The first-order chi connectivity index (χ1) is 8.79. The number of benzene rings is 2. The molecular weight excluding hydrogens is 228 g/mol. The van der Waals surface area contributed by atoms with E-state index in [0.717, 1.165) is 13.2 Å². The molecule has 0 atom stereocenters. The third kappa shape index (κ3) is 7.30. The van der Waals surface area contributed by atoms with Crippen molar-refractivity contribution in [2.24, 2.45) is 0 Å². The molecule has 1 saturated heterocycles. The average Bonchev–Trinajstić information content (AvgIpc) is 2.29. The Bertz CT molecular complexity index is 355. The van der Waals surface area contributed by atoms with Crippen LogP contribution in [0.2, 0.25) is 0 Å². The van der Waals surface area contributed by atoms with Crippen LogP contribution in [0.4, 0.5) is 0 Å². The van der Waals surface area contributed by atoms with E-state index in [1.54, 1.807) is 48.5 Å². The van der Waals surface area contributed by atoms with Crippen LogP contribution in [-0.2, 0) is 4.74 Å². The van der Waals surface area contributed by atoms with Crippen LogP contribution in [0.15, 0.2) is 60.7 Å². The molecule has 2 aromatic carbocycles. The van der Waals surface area contributed by atoms with Gasteiger partial charge in [-0.2, -0.15) is 0 Å². The Morgan fingerprint density at radius 3 is 1.06 bits per heavy atom. The van der Waals surface area contributed by atoms with Gasteiger partial charge in [-0.05, 0) is 30.7 Å². The molecule has 1 fully saturated rings. The molecule has 1 aliphatic heterocycles. The van der Waals surface area contributed by atoms with E-state index in [1.165, 1.54) is 6.42 Å². The Balaban J connectivity index is 0.000000140. The molecule has 2 aromatic rings. The summed E-state index contributed by atoms with van der Waals surface area (Å²) in [4.78, 5) is 0. The lowest BCUT2D eigenvalue weighted by Crippen LogP contribution is -2.09. The van der Waals surface area contributed by atoms with Gasteiger partial charge < -0.3 is 14.9 Å². The first kappa shape index (κ1) is 14.1. The monoisotopic (exact) mass is 246 g/mol. The molecule has 96 valence electrons. The summed E-state index contributed by atoms with van der Waals surface area (Å²) in [5, 5.41) is 17.3. The van der Waals surface area contributed by atoms with Gasteiger partial charge in [0.05, 0.1) is 0 Å². The van der Waals surface area contributed by atoms with E-state index in [2.05, 4.69) is 0 Å². The van der Waals surface area contributed by atoms with Crippen molar-refractivity contribution in [2.75, 3.05) is 13.2 Å². The predicted octanol–water partition coefficient (Wildman–Crippen LogP) is 3.19. The first-order valence-electron chi connectivity index (χ1n) is 5.85. The molecule has 0 bridgehead atoms. The third-order valence-corrected chi connectivity index (χ3v) is 2.09. The molecule has 0 aliphatic carbocycles. The number of phenols is 2. The van der Waals surface area contributed by atoms with E-state index in [9.17, 15) is 0 Å². The number of phenolic OH excluding ortho intramolecular Hbond substituents is 2. The molecule has 3 heteroatoms. The van der Waals surface area contributed by atoms with Crippen molar-refractivity contribution < 1.29 is 14.9 Å².